The van der Waals surface area contributed by atoms with Gasteiger partial charge >= 0.3 is 0 Å². The summed E-state index contributed by atoms with van der Waals surface area (Å²) >= 11 is 0. The van der Waals surface area contributed by atoms with E-state index in [2.05, 4.69) is 25.8 Å². The van der Waals surface area contributed by atoms with Crippen molar-refractivity contribution in [2.45, 2.75) is 51.1 Å². The molecule has 12 heavy (non-hydrogen) atoms. The molecule has 2 nitrogen and oxygen atoms in total. The van der Waals surface area contributed by atoms with E-state index in [1.165, 1.54) is 32.2 Å². The van der Waals surface area contributed by atoms with E-state index in [1.807, 2.05) is 0 Å². The second kappa shape index (κ2) is 3.75. The molecule has 1 unspecified atom stereocenters. The summed E-state index contributed by atoms with van der Waals surface area (Å²) in [5, 5.41) is 0. The maximum Gasteiger partial charge on any atom is 0.0267 e. The number of likely N-dealkylation sites (tertiary alicyclic amines) is 1. The van der Waals surface area contributed by atoms with Crippen molar-refractivity contribution in [3.8, 4) is 0 Å². The number of hydrogen-bond acceptors (Lipinski definition) is 2. The Labute approximate surface area is 76.1 Å². The Kier molecular flexibility index (Phi) is 3.13. The lowest BCUT2D eigenvalue weighted by molar-refractivity contribution is 0.171. The van der Waals surface area contributed by atoms with Crippen LogP contribution in [0.15, 0.2) is 0 Å². The molecule has 1 heterocycles. The van der Waals surface area contributed by atoms with Gasteiger partial charge in [-0.05, 0) is 40.3 Å². The van der Waals surface area contributed by atoms with E-state index in [4.69, 9.17) is 5.73 Å². The summed E-state index contributed by atoms with van der Waals surface area (Å²) in [4.78, 5) is 2.42. The number of rotatable bonds is 1. The van der Waals surface area contributed by atoms with Crippen LogP contribution in [0.3, 0.4) is 0 Å². The SMILES string of the molecule is CN1CCCCCC1C(C)(C)N. The summed E-state index contributed by atoms with van der Waals surface area (Å²) in [5.74, 6) is 0. The molecule has 1 atom stereocenters. The second-order valence-electron chi connectivity index (χ2n) is 4.67. The third-order valence-electron chi connectivity index (χ3n) is 2.88. The molecule has 0 aromatic rings. The largest absolute Gasteiger partial charge is 0.324 e. The lowest BCUT2D eigenvalue weighted by Gasteiger charge is -2.36. The van der Waals surface area contributed by atoms with Gasteiger partial charge in [0.15, 0.2) is 0 Å². The van der Waals surface area contributed by atoms with Gasteiger partial charge in [0, 0.05) is 11.6 Å². The molecule has 0 radical (unpaired) electrons. The molecule has 0 spiro atoms. The maximum absolute atomic E-state index is 6.13. The summed E-state index contributed by atoms with van der Waals surface area (Å²) in [5.41, 5.74) is 6.09. The van der Waals surface area contributed by atoms with Crippen LogP contribution in [0.2, 0.25) is 0 Å². The predicted octanol–water partition coefficient (Wildman–Crippen LogP) is 1.60. The zero-order valence-electron chi connectivity index (χ0n) is 8.64. The van der Waals surface area contributed by atoms with Crippen molar-refractivity contribution in [1.82, 2.24) is 4.90 Å². The Bertz CT molecular complexity index is 137. The normalized spacial score (nSPS) is 28.5. The van der Waals surface area contributed by atoms with E-state index >= 15 is 0 Å². The number of likely N-dealkylation sites (N-methyl/N-ethyl adjacent to an activating group) is 1. The van der Waals surface area contributed by atoms with E-state index in [0.29, 0.717) is 6.04 Å². The lowest BCUT2D eigenvalue weighted by Crippen LogP contribution is -2.53. The third-order valence-corrected chi connectivity index (χ3v) is 2.88. The first-order valence-electron chi connectivity index (χ1n) is 5.01. The molecular weight excluding hydrogens is 148 g/mol. The molecule has 1 saturated heterocycles. The van der Waals surface area contributed by atoms with Crippen LogP contribution < -0.4 is 5.73 Å². The average molecular weight is 170 g/mol. The van der Waals surface area contributed by atoms with Gasteiger partial charge in [-0.25, -0.2) is 0 Å². The third kappa shape index (κ3) is 2.46. The Morgan fingerprint density at radius 3 is 2.50 bits per heavy atom. The highest BCUT2D eigenvalue weighted by molar-refractivity contribution is 4.90. The van der Waals surface area contributed by atoms with Crippen molar-refractivity contribution >= 4 is 0 Å². The molecular formula is C10H22N2. The molecule has 0 saturated carbocycles. The summed E-state index contributed by atoms with van der Waals surface area (Å²) in [6.45, 7) is 5.49. The molecule has 1 fully saturated rings. The fourth-order valence-corrected chi connectivity index (χ4v) is 2.19. The molecule has 1 rings (SSSR count). The average Bonchev–Trinajstić information content (AvgIpc) is 2.11. The van der Waals surface area contributed by atoms with Crippen molar-refractivity contribution in [2.75, 3.05) is 13.6 Å². The Morgan fingerprint density at radius 1 is 1.25 bits per heavy atom. The van der Waals surface area contributed by atoms with E-state index in [9.17, 15) is 0 Å². The van der Waals surface area contributed by atoms with E-state index in [0.717, 1.165) is 0 Å². The lowest BCUT2D eigenvalue weighted by atomic mass is 9.91. The molecule has 72 valence electrons. The monoisotopic (exact) mass is 170 g/mol. The van der Waals surface area contributed by atoms with Crippen molar-refractivity contribution in [2.24, 2.45) is 5.73 Å². The van der Waals surface area contributed by atoms with Crippen LogP contribution in [-0.4, -0.2) is 30.1 Å². The number of nitrogens with two attached hydrogens (primary N) is 1. The van der Waals surface area contributed by atoms with Gasteiger partial charge in [-0.2, -0.15) is 0 Å². The first kappa shape index (κ1) is 10.0. The van der Waals surface area contributed by atoms with Gasteiger partial charge in [0.2, 0.25) is 0 Å². The minimum absolute atomic E-state index is 0.0426. The first-order chi connectivity index (χ1) is 5.52. The first-order valence-corrected chi connectivity index (χ1v) is 5.01. The molecule has 0 aliphatic carbocycles. The van der Waals surface area contributed by atoms with Gasteiger partial charge in [-0.1, -0.05) is 12.8 Å². The van der Waals surface area contributed by atoms with E-state index < -0.39 is 0 Å². The minimum atomic E-state index is -0.0426. The highest BCUT2D eigenvalue weighted by Gasteiger charge is 2.29. The zero-order valence-corrected chi connectivity index (χ0v) is 8.64. The fraction of sp³-hybridized carbons (Fsp3) is 1.00. The molecule has 0 aromatic carbocycles. The van der Waals surface area contributed by atoms with Crippen LogP contribution in [0.5, 0.6) is 0 Å². The smallest absolute Gasteiger partial charge is 0.0267 e. The van der Waals surface area contributed by atoms with Crippen molar-refractivity contribution in [3.05, 3.63) is 0 Å². The zero-order chi connectivity index (χ0) is 9.19. The van der Waals surface area contributed by atoms with Crippen LogP contribution in [-0.2, 0) is 0 Å². The van der Waals surface area contributed by atoms with Gasteiger partial charge in [-0.3, -0.25) is 0 Å². The topological polar surface area (TPSA) is 29.3 Å². The Hall–Kier alpha value is -0.0800. The molecule has 2 N–H and O–H groups in total. The molecule has 1 aliphatic heterocycles. The van der Waals surface area contributed by atoms with Crippen LogP contribution in [0.4, 0.5) is 0 Å². The van der Waals surface area contributed by atoms with Crippen molar-refractivity contribution in [1.29, 1.82) is 0 Å². The molecule has 1 aliphatic rings. The number of nitrogens with zero attached hydrogens (tertiary/aromatic N) is 1. The Balaban J connectivity index is 2.59. The Morgan fingerprint density at radius 2 is 1.92 bits per heavy atom. The van der Waals surface area contributed by atoms with Gasteiger partial charge in [0.1, 0.15) is 0 Å². The molecule has 2 heteroatoms. The van der Waals surface area contributed by atoms with Crippen molar-refractivity contribution in [3.63, 3.8) is 0 Å². The van der Waals surface area contributed by atoms with E-state index in [1.54, 1.807) is 0 Å². The fourth-order valence-electron chi connectivity index (χ4n) is 2.19. The van der Waals surface area contributed by atoms with Gasteiger partial charge in [-0.15, -0.1) is 0 Å². The second-order valence-corrected chi connectivity index (χ2v) is 4.67. The highest BCUT2D eigenvalue weighted by atomic mass is 15.2. The maximum atomic E-state index is 6.13. The van der Waals surface area contributed by atoms with Crippen LogP contribution in [0.25, 0.3) is 0 Å². The molecule has 0 amide bonds. The predicted molar refractivity (Wildman–Crippen MR) is 53.2 cm³/mol. The molecule has 0 aromatic heterocycles. The summed E-state index contributed by atoms with van der Waals surface area (Å²) in [7, 11) is 2.20. The van der Waals surface area contributed by atoms with Gasteiger partial charge in [0.25, 0.3) is 0 Å². The quantitative estimate of drug-likeness (QED) is 0.647. The standard InChI is InChI=1S/C10H22N2/c1-10(2,11)9-7-5-4-6-8-12(9)3/h9H,4-8,11H2,1-3H3. The van der Waals surface area contributed by atoms with Crippen LogP contribution in [0.1, 0.15) is 39.5 Å². The summed E-state index contributed by atoms with van der Waals surface area (Å²) in [6, 6.07) is 0.569. The van der Waals surface area contributed by atoms with E-state index in [-0.39, 0.29) is 5.54 Å². The van der Waals surface area contributed by atoms with Crippen molar-refractivity contribution < 1.29 is 0 Å². The summed E-state index contributed by atoms with van der Waals surface area (Å²) in [6.07, 6.45) is 5.32. The van der Waals surface area contributed by atoms with Gasteiger partial charge in [0.05, 0.1) is 0 Å². The number of hydrogen-bond donors (Lipinski definition) is 1. The van der Waals surface area contributed by atoms with Crippen LogP contribution in [0, 0.1) is 0 Å². The van der Waals surface area contributed by atoms with Gasteiger partial charge < -0.3 is 10.6 Å². The van der Waals surface area contributed by atoms with Crippen LogP contribution >= 0.6 is 0 Å². The molecule has 0 bridgehead atoms. The highest BCUT2D eigenvalue weighted by Crippen LogP contribution is 2.22. The minimum Gasteiger partial charge on any atom is -0.324 e. The summed E-state index contributed by atoms with van der Waals surface area (Å²) < 4.78 is 0.